The van der Waals surface area contributed by atoms with E-state index in [-0.39, 0.29) is 22.9 Å². The molecule has 0 saturated heterocycles. The number of hydrogen-bond acceptors (Lipinski definition) is 5. The first kappa shape index (κ1) is 17.7. The van der Waals surface area contributed by atoms with Gasteiger partial charge in [0.05, 0.1) is 23.8 Å². The van der Waals surface area contributed by atoms with Crippen molar-refractivity contribution in [2.45, 2.75) is 0 Å². The Morgan fingerprint density at radius 3 is 2.67 bits per heavy atom. The lowest BCUT2D eigenvalue weighted by Crippen LogP contribution is -2.20. The molecule has 24 heavy (non-hydrogen) atoms. The zero-order chi connectivity index (χ0) is 17.7. The number of anilines is 1. The molecule has 126 valence electrons. The highest BCUT2D eigenvalue weighted by Gasteiger charge is 2.14. The maximum Gasteiger partial charge on any atom is 0.273 e. The number of nitrogens with one attached hydrogen (secondary N) is 1. The summed E-state index contributed by atoms with van der Waals surface area (Å²) in [5.74, 6) is -1.11. The molecular weight excluding hydrogens is 387 g/mol. The third-order valence-corrected chi connectivity index (χ3v) is 3.42. The predicted octanol–water partition coefficient (Wildman–Crippen LogP) is 3.52. The molecule has 0 fully saturated rings. The lowest BCUT2D eigenvalue weighted by molar-refractivity contribution is -0.384. The fourth-order valence-corrected chi connectivity index (χ4v) is 2.15. The number of halogens is 2. The second kappa shape index (κ2) is 7.73. The van der Waals surface area contributed by atoms with Gasteiger partial charge in [-0.15, -0.1) is 0 Å². The number of amides is 1. The molecule has 0 bridgehead atoms. The van der Waals surface area contributed by atoms with Crippen molar-refractivity contribution in [3.8, 4) is 11.5 Å². The van der Waals surface area contributed by atoms with Crippen molar-refractivity contribution in [3.05, 3.63) is 56.8 Å². The number of ether oxygens (including phenoxy) is 2. The van der Waals surface area contributed by atoms with Gasteiger partial charge in [-0.25, -0.2) is 4.39 Å². The summed E-state index contributed by atoms with van der Waals surface area (Å²) >= 11 is 3.12. The van der Waals surface area contributed by atoms with E-state index in [1.54, 1.807) is 6.07 Å². The van der Waals surface area contributed by atoms with Crippen molar-refractivity contribution in [1.82, 2.24) is 0 Å². The van der Waals surface area contributed by atoms with Gasteiger partial charge in [0.2, 0.25) is 0 Å². The number of nitro benzene ring substituents is 1. The van der Waals surface area contributed by atoms with Crippen LogP contribution in [0.5, 0.6) is 11.5 Å². The Bertz CT molecular complexity index is 784. The molecular formula is C15H12BrFN2O5. The van der Waals surface area contributed by atoms with Crippen LogP contribution in [0, 0.1) is 15.9 Å². The highest BCUT2D eigenvalue weighted by molar-refractivity contribution is 9.10. The maximum atomic E-state index is 13.6. The maximum absolute atomic E-state index is 13.6. The van der Waals surface area contributed by atoms with Gasteiger partial charge < -0.3 is 14.8 Å². The summed E-state index contributed by atoms with van der Waals surface area (Å²) in [6.45, 7) is -0.432. The number of nitrogens with zero attached hydrogens (tertiary/aromatic N) is 1. The first-order chi connectivity index (χ1) is 11.4. The van der Waals surface area contributed by atoms with Crippen LogP contribution in [-0.2, 0) is 4.79 Å². The van der Waals surface area contributed by atoms with E-state index in [1.165, 1.54) is 37.4 Å². The van der Waals surface area contributed by atoms with E-state index in [0.29, 0.717) is 4.47 Å². The summed E-state index contributed by atoms with van der Waals surface area (Å²) in [7, 11) is 1.32. The standard InChI is InChI=1S/C15H12BrFN2O5/c1-23-14-7-10(19(21)22)3-4-12(14)18-15(20)8-24-13-5-2-9(16)6-11(13)17/h2-7H,8H2,1H3,(H,18,20). The lowest BCUT2D eigenvalue weighted by Gasteiger charge is -2.11. The van der Waals surface area contributed by atoms with Crippen LogP contribution in [0.3, 0.4) is 0 Å². The molecule has 0 aliphatic rings. The van der Waals surface area contributed by atoms with Crippen LogP contribution in [0.4, 0.5) is 15.8 Å². The normalized spacial score (nSPS) is 10.1. The Morgan fingerprint density at radius 2 is 2.04 bits per heavy atom. The fourth-order valence-electron chi connectivity index (χ4n) is 1.82. The average Bonchev–Trinajstić information content (AvgIpc) is 2.54. The number of non-ortho nitro benzene ring substituents is 1. The Hall–Kier alpha value is -2.68. The molecule has 7 nitrogen and oxygen atoms in total. The van der Waals surface area contributed by atoms with Crippen LogP contribution in [-0.4, -0.2) is 24.5 Å². The van der Waals surface area contributed by atoms with Crippen molar-refractivity contribution in [2.24, 2.45) is 0 Å². The Balaban J connectivity index is 2.03. The first-order valence-electron chi connectivity index (χ1n) is 6.61. The molecule has 0 spiro atoms. The molecule has 0 radical (unpaired) electrons. The third-order valence-electron chi connectivity index (χ3n) is 2.92. The van der Waals surface area contributed by atoms with E-state index < -0.39 is 23.3 Å². The molecule has 0 unspecified atom stereocenters. The largest absolute Gasteiger partial charge is 0.494 e. The zero-order valence-electron chi connectivity index (χ0n) is 12.4. The molecule has 9 heteroatoms. The van der Waals surface area contributed by atoms with Gasteiger partial charge in [0.25, 0.3) is 11.6 Å². The highest BCUT2D eigenvalue weighted by Crippen LogP contribution is 2.29. The Kier molecular flexibility index (Phi) is 5.69. The van der Waals surface area contributed by atoms with Gasteiger partial charge in [0, 0.05) is 10.5 Å². The summed E-state index contributed by atoms with van der Waals surface area (Å²) in [5.41, 5.74) is 0.0750. The van der Waals surface area contributed by atoms with Crippen LogP contribution in [0.25, 0.3) is 0 Å². The van der Waals surface area contributed by atoms with E-state index in [0.717, 1.165) is 0 Å². The van der Waals surface area contributed by atoms with E-state index in [2.05, 4.69) is 21.2 Å². The second-order valence-corrected chi connectivity index (χ2v) is 5.47. The van der Waals surface area contributed by atoms with Gasteiger partial charge in [0.15, 0.2) is 18.2 Å². The van der Waals surface area contributed by atoms with E-state index in [1.807, 2.05) is 0 Å². The number of hydrogen-bond donors (Lipinski definition) is 1. The number of methoxy groups -OCH3 is 1. The average molecular weight is 399 g/mol. The minimum Gasteiger partial charge on any atom is -0.494 e. The monoisotopic (exact) mass is 398 g/mol. The number of rotatable bonds is 6. The number of nitro groups is 1. The number of carbonyl (C=O) groups excluding carboxylic acids is 1. The van der Waals surface area contributed by atoms with E-state index >= 15 is 0 Å². The summed E-state index contributed by atoms with van der Waals surface area (Å²) < 4.78 is 24.3. The molecule has 0 aliphatic heterocycles. The molecule has 0 heterocycles. The molecule has 0 aliphatic carbocycles. The summed E-state index contributed by atoms with van der Waals surface area (Å²) in [6, 6.07) is 7.94. The smallest absolute Gasteiger partial charge is 0.273 e. The fraction of sp³-hybridized carbons (Fsp3) is 0.133. The molecule has 0 atom stereocenters. The van der Waals surface area contributed by atoms with Crippen LogP contribution >= 0.6 is 15.9 Å². The first-order valence-corrected chi connectivity index (χ1v) is 7.40. The van der Waals surface area contributed by atoms with Crippen LogP contribution in [0.1, 0.15) is 0 Å². The minimum atomic E-state index is -0.606. The molecule has 2 rings (SSSR count). The predicted molar refractivity (Wildman–Crippen MR) is 87.9 cm³/mol. The van der Waals surface area contributed by atoms with Crippen molar-refractivity contribution in [2.75, 3.05) is 19.0 Å². The lowest BCUT2D eigenvalue weighted by atomic mass is 10.2. The number of carbonyl (C=O) groups is 1. The van der Waals surface area contributed by atoms with Crippen LogP contribution < -0.4 is 14.8 Å². The Morgan fingerprint density at radius 1 is 1.29 bits per heavy atom. The van der Waals surface area contributed by atoms with Crippen molar-refractivity contribution >= 4 is 33.2 Å². The van der Waals surface area contributed by atoms with Gasteiger partial charge in [0.1, 0.15) is 5.75 Å². The molecule has 1 amide bonds. The highest BCUT2D eigenvalue weighted by atomic mass is 79.9. The molecule has 1 N–H and O–H groups in total. The van der Waals surface area contributed by atoms with Gasteiger partial charge in [-0.3, -0.25) is 14.9 Å². The SMILES string of the molecule is COc1cc([N+](=O)[O-])ccc1NC(=O)COc1ccc(Br)cc1F. The summed E-state index contributed by atoms with van der Waals surface area (Å²) in [6.07, 6.45) is 0. The Labute approximate surface area is 144 Å². The topological polar surface area (TPSA) is 90.7 Å². The van der Waals surface area contributed by atoms with Gasteiger partial charge in [-0.1, -0.05) is 15.9 Å². The van der Waals surface area contributed by atoms with Gasteiger partial charge >= 0.3 is 0 Å². The minimum absolute atomic E-state index is 0.0657. The van der Waals surface area contributed by atoms with E-state index in [4.69, 9.17) is 9.47 Å². The quantitative estimate of drug-likeness (QED) is 0.593. The number of benzene rings is 2. The zero-order valence-corrected chi connectivity index (χ0v) is 14.0. The molecule has 2 aromatic carbocycles. The van der Waals surface area contributed by atoms with Crippen molar-refractivity contribution in [3.63, 3.8) is 0 Å². The second-order valence-electron chi connectivity index (χ2n) is 4.55. The molecule has 2 aromatic rings. The van der Waals surface area contributed by atoms with Gasteiger partial charge in [-0.2, -0.15) is 0 Å². The third kappa shape index (κ3) is 4.42. The molecule has 0 saturated carbocycles. The van der Waals surface area contributed by atoms with Crippen LogP contribution in [0.2, 0.25) is 0 Å². The van der Waals surface area contributed by atoms with Crippen molar-refractivity contribution in [1.29, 1.82) is 0 Å². The molecule has 0 aromatic heterocycles. The van der Waals surface area contributed by atoms with E-state index in [9.17, 15) is 19.3 Å². The van der Waals surface area contributed by atoms with Crippen LogP contribution in [0.15, 0.2) is 40.9 Å². The van der Waals surface area contributed by atoms with Gasteiger partial charge in [-0.05, 0) is 24.3 Å². The summed E-state index contributed by atoms with van der Waals surface area (Å²) in [5, 5.41) is 13.2. The summed E-state index contributed by atoms with van der Waals surface area (Å²) in [4.78, 5) is 22.0. The van der Waals surface area contributed by atoms with Crippen molar-refractivity contribution < 1.29 is 23.6 Å².